The van der Waals surface area contributed by atoms with Gasteiger partial charge in [-0.15, -0.1) is 0 Å². The van der Waals surface area contributed by atoms with Crippen molar-refractivity contribution in [3.8, 4) is 0 Å². The molecular weight excluding hydrogens is 774 g/mol. The van der Waals surface area contributed by atoms with Crippen molar-refractivity contribution < 1.29 is 38.5 Å². The minimum absolute atomic E-state index is 0.0214. The van der Waals surface area contributed by atoms with E-state index in [0.29, 0.717) is 10.7 Å². The molecule has 2 amide bonds. The average molecular weight is 818 g/mol. The number of anilines is 1. The summed E-state index contributed by atoms with van der Waals surface area (Å²) in [4.78, 5) is 11.9. The third kappa shape index (κ3) is 10.7. The average Bonchev–Trinajstić information content (AvgIpc) is 3.01. The maximum absolute atomic E-state index is 12.9. The van der Waals surface area contributed by atoms with E-state index in [1.165, 1.54) is 36.4 Å². The van der Waals surface area contributed by atoms with Gasteiger partial charge in [-0.05, 0) is 97.2 Å². The number of sulfonamides is 4. The van der Waals surface area contributed by atoms with Crippen molar-refractivity contribution in [1.29, 1.82) is 0 Å². The summed E-state index contributed by atoms with van der Waals surface area (Å²) in [7, 11) is -15.8. The molecule has 0 saturated heterocycles. The molecule has 19 heteroatoms. The number of carbonyl (C=O) groups is 1. The van der Waals surface area contributed by atoms with Crippen LogP contribution in [0.2, 0.25) is 5.02 Å². The zero-order valence-corrected chi connectivity index (χ0v) is 33.1. The standard InChI is InChI=1S/C23H30ClN3O5S2.C10H14N2O4S2/c1-14(2)20-11-16(24)12-21(15(3)4)22(20)25-23(28)27-34(31,32)19-10-6-9-18(13-19)33(29,30)26-17-7-5-8-17;11-17(13,14)9-5-2-6-10(7-9)18(15,16)12-8-3-1-4-8/h6,9-15,17,26H,5,7-8H2,1-4H3,(H2,25,27,28);2,5-8,12H,1,3-4H2,(H2,11,13,14). The van der Waals surface area contributed by atoms with Gasteiger partial charge in [0.1, 0.15) is 0 Å². The summed E-state index contributed by atoms with van der Waals surface area (Å²) in [5, 5.41) is 8.15. The third-order valence-electron chi connectivity index (χ3n) is 8.60. The van der Waals surface area contributed by atoms with E-state index < -0.39 is 46.1 Å². The first kappa shape index (κ1) is 41.7. The van der Waals surface area contributed by atoms with E-state index in [2.05, 4.69) is 14.8 Å². The van der Waals surface area contributed by atoms with Gasteiger partial charge >= 0.3 is 6.03 Å². The van der Waals surface area contributed by atoms with E-state index in [9.17, 15) is 38.5 Å². The Hall–Kier alpha value is -3.10. The Morgan fingerprint density at radius 2 is 1.04 bits per heavy atom. The van der Waals surface area contributed by atoms with Crippen LogP contribution in [0.15, 0.2) is 80.2 Å². The minimum Gasteiger partial charge on any atom is -0.307 e. The molecule has 286 valence electrons. The lowest BCUT2D eigenvalue weighted by molar-refractivity contribution is 0.256. The van der Waals surface area contributed by atoms with Gasteiger partial charge in [0.25, 0.3) is 10.0 Å². The van der Waals surface area contributed by atoms with Crippen LogP contribution < -0.4 is 24.6 Å². The molecule has 52 heavy (non-hydrogen) atoms. The van der Waals surface area contributed by atoms with E-state index in [1.54, 1.807) is 12.1 Å². The summed E-state index contributed by atoms with van der Waals surface area (Å²) in [5.41, 5.74) is 2.06. The molecule has 3 aromatic rings. The van der Waals surface area contributed by atoms with Gasteiger partial charge in [-0.1, -0.05) is 64.3 Å². The molecule has 2 aliphatic carbocycles. The number of nitrogens with two attached hydrogens (primary N) is 1. The van der Waals surface area contributed by atoms with E-state index in [1.807, 2.05) is 32.4 Å². The lowest BCUT2D eigenvalue weighted by atomic mass is 9.92. The normalized spacial score (nSPS) is 15.7. The Kier molecular flexibility index (Phi) is 13.2. The van der Waals surface area contributed by atoms with E-state index in [4.69, 9.17) is 16.7 Å². The van der Waals surface area contributed by atoms with E-state index in [-0.39, 0.29) is 43.5 Å². The first-order valence-corrected chi connectivity index (χ1v) is 22.9. The summed E-state index contributed by atoms with van der Waals surface area (Å²) >= 11 is 6.25. The summed E-state index contributed by atoms with van der Waals surface area (Å²) < 4.78 is 104. The van der Waals surface area contributed by atoms with Crippen LogP contribution in [0.25, 0.3) is 0 Å². The molecule has 6 N–H and O–H groups in total. The van der Waals surface area contributed by atoms with Gasteiger partial charge in [0, 0.05) is 22.8 Å². The van der Waals surface area contributed by atoms with Crippen LogP contribution in [0, 0.1) is 0 Å². The Bertz CT molecular complexity index is 2210. The Balaban J connectivity index is 0.000000281. The van der Waals surface area contributed by atoms with Crippen LogP contribution in [0.5, 0.6) is 0 Å². The number of hydrogen-bond acceptors (Lipinski definition) is 9. The minimum atomic E-state index is -4.34. The number of hydrogen-bond donors (Lipinski definition) is 5. The fourth-order valence-electron chi connectivity index (χ4n) is 5.28. The second kappa shape index (κ2) is 16.5. The lowest BCUT2D eigenvalue weighted by Crippen LogP contribution is -2.39. The molecule has 0 aromatic heterocycles. The molecule has 0 unspecified atom stereocenters. The zero-order valence-electron chi connectivity index (χ0n) is 29.1. The predicted octanol–water partition coefficient (Wildman–Crippen LogP) is 5.09. The van der Waals surface area contributed by atoms with Crippen molar-refractivity contribution in [2.75, 3.05) is 5.32 Å². The highest BCUT2D eigenvalue weighted by Crippen LogP contribution is 2.35. The Morgan fingerprint density at radius 1 is 0.654 bits per heavy atom. The summed E-state index contributed by atoms with van der Waals surface area (Å²) in [5.74, 6) is 0.0429. The third-order valence-corrected chi connectivity index (χ3v) is 14.1. The highest BCUT2D eigenvalue weighted by atomic mass is 35.5. The number of primary sulfonamides is 1. The fraction of sp³-hybridized carbons (Fsp3) is 0.424. The van der Waals surface area contributed by atoms with Crippen molar-refractivity contribution in [2.45, 2.75) is 110 Å². The van der Waals surface area contributed by atoms with Crippen molar-refractivity contribution in [3.05, 3.63) is 76.8 Å². The molecule has 14 nitrogen and oxygen atoms in total. The Morgan fingerprint density at radius 3 is 1.40 bits per heavy atom. The Labute approximate surface area is 311 Å². The molecule has 0 atom stereocenters. The molecule has 0 bridgehead atoms. The summed E-state index contributed by atoms with van der Waals surface area (Å²) in [6, 6.07) is 12.3. The van der Waals surface area contributed by atoms with Gasteiger partial charge in [-0.25, -0.2) is 57.8 Å². The van der Waals surface area contributed by atoms with Crippen LogP contribution >= 0.6 is 11.6 Å². The van der Waals surface area contributed by atoms with Gasteiger partial charge < -0.3 is 5.32 Å². The number of benzene rings is 3. The number of carbonyl (C=O) groups excluding carboxylic acids is 1. The van der Waals surface area contributed by atoms with Crippen LogP contribution in [-0.2, 0) is 40.1 Å². The number of rotatable bonds is 12. The molecule has 0 spiro atoms. The molecule has 0 radical (unpaired) electrons. The molecule has 3 aromatic carbocycles. The monoisotopic (exact) mass is 817 g/mol. The quantitative estimate of drug-likeness (QED) is 0.164. The molecule has 2 fully saturated rings. The van der Waals surface area contributed by atoms with Gasteiger partial charge in [0.05, 0.1) is 19.6 Å². The second-order valence-corrected chi connectivity index (χ2v) is 20.4. The second-order valence-electron chi connectivity index (χ2n) is 13.3. The maximum Gasteiger partial charge on any atom is 0.333 e. The lowest BCUT2D eigenvalue weighted by Gasteiger charge is -2.26. The van der Waals surface area contributed by atoms with Gasteiger partial charge in [-0.3, -0.25) is 0 Å². The van der Waals surface area contributed by atoms with Crippen LogP contribution in [0.3, 0.4) is 0 Å². The summed E-state index contributed by atoms with van der Waals surface area (Å²) in [6.45, 7) is 7.77. The van der Waals surface area contributed by atoms with Crippen LogP contribution in [0.1, 0.15) is 89.2 Å². The molecule has 2 saturated carbocycles. The first-order valence-electron chi connectivity index (χ1n) is 16.5. The topological polar surface area (TPSA) is 228 Å². The van der Waals surface area contributed by atoms with Crippen molar-refractivity contribution in [1.82, 2.24) is 14.2 Å². The molecule has 0 heterocycles. The number of halogens is 1. The van der Waals surface area contributed by atoms with Crippen LogP contribution in [0.4, 0.5) is 10.5 Å². The van der Waals surface area contributed by atoms with Crippen molar-refractivity contribution in [2.24, 2.45) is 5.14 Å². The summed E-state index contributed by atoms with van der Waals surface area (Å²) in [6.07, 6.45) is 5.08. The fourth-order valence-corrected chi connectivity index (χ4v) is 9.88. The van der Waals surface area contributed by atoms with Gasteiger partial charge in [-0.2, -0.15) is 0 Å². The van der Waals surface area contributed by atoms with Crippen molar-refractivity contribution in [3.63, 3.8) is 0 Å². The number of nitrogens with one attached hydrogen (secondary N) is 4. The SMILES string of the molecule is CC(C)c1cc(Cl)cc(C(C)C)c1NC(=O)NS(=O)(=O)c1cccc(S(=O)(=O)NC2CCC2)c1.NS(=O)(=O)c1cccc(S(=O)(=O)NC2CCC2)c1. The molecular formula is C33H44ClN5O9S4. The van der Waals surface area contributed by atoms with Crippen LogP contribution in [-0.4, -0.2) is 51.8 Å². The predicted molar refractivity (Wildman–Crippen MR) is 199 cm³/mol. The van der Waals surface area contributed by atoms with E-state index >= 15 is 0 Å². The highest BCUT2D eigenvalue weighted by Gasteiger charge is 2.28. The highest BCUT2D eigenvalue weighted by molar-refractivity contribution is 7.91. The largest absolute Gasteiger partial charge is 0.333 e. The zero-order chi connectivity index (χ0) is 38.6. The number of urea groups is 1. The van der Waals surface area contributed by atoms with E-state index in [0.717, 1.165) is 61.8 Å². The first-order chi connectivity index (χ1) is 24.1. The maximum atomic E-state index is 12.9. The number of amides is 2. The molecule has 5 rings (SSSR count). The molecule has 2 aliphatic rings. The smallest absolute Gasteiger partial charge is 0.307 e. The molecule has 0 aliphatic heterocycles. The van der Waals surface area contributed by atoms with Crippen molar-refractivity contribution >= 4 is 63.4 Å². The van der Waals surface area contributed by atoms with Gasteiger partial charge in [0.2, 0.25) is 30.1 Å². The van der Waals surface area contributed by atoms with Gasteiger partial charge in [0.15, 0.2) is 0 Å².